The number of carboxylic acid groups (broad SMARTS) is 1. The van der Waals surface area contributed by atoms with Gasteiger partial charge in [0.2, 0.25) is 5.91 Å². The Hall–Kier alpha value is -1.75. The maximum Gasteiger partial charge on any atom is 0.228 e. The van der Waals surface area contributed by atoms with Gasteiger partial charge in [0.05, 0.1) is 5.92 Å². The number of rotatable bonds is 4. The molecule has 4 nitrogen and oxygen atoms in total. The molecular weight excluding hydrogens is 286 g/mol. The van der Waals surface area contributed by atoms with Gasteiger partial charge < -0.3 is 15.2 Å². The van der Waals surface area contributed by atoms with Crippen LogP contribution < -0.4 is 10.4 Å². The zero-order valence-corrected chi connectivity index (χ0v) is 12.4. The summed E-state index contributed by atoms with van der Waals surface area (Å²) in [6.07, 6.45) is 6.57. The number of thioether (sulfide) groups is 1. The van der Waals surface area contributed by atoms with Gasteiger partial charge in [-0.25, -0.2) is 0 Å². The SMILES string of the molecule is CSc1cccc(NC(=O)C2C3C=CC(C3)C2C(=O)[O-])c1. The van der Waals surface area contributed by atoms with Crippen molar-refractivity contribution in [2.24, 2.45) is 23.7 Å². The summed E-state index contributed by atoms with van der Waals surface area (Å²) in [7, 11) is 0. The Morgan fingerprint density at radius 2 is 1.95 bits per heavy atom. The Morgan fingerprint density at radius 3 is 2.62 bits per heavy atom. The number of aliphatic carboxylic acids is 1. The monoisotopic (exact) mass is 302 g/mol. The number of carbonyl (C=O) groups is 2. The first-order valence-corrected chi connectivity index (χ1v) is 8.16. The Bertz CT molecular complexity index is 613. The first kappa shape index (κ1) is 14.2. The molecule has 2 aliphatic rings. The highest BCUT2D eigenvalue weighted by molar-refractivity contribution is 7.98. The van der Waals surface area contributed by atoms with Gasteiger partial charge in [-0.2, -0.15) is 0 Å². The van der Waals surface area contributed by atoms with E-state index in [1.807, 2.05) is 42.7 Å². The quantitative estimate of drug-likeness (QED) is 0.676. The molecule has 0 heterocycles. The topological polar surface area (TPSA) is 69.2 Å². The molecule has 0 aromatic heterocycles. The third-order valence-corrected chi connectivity index (χ3v) is 5.10. The van der Waals surface area contributed by atoms with E-state index in [-0.39, 0.29) is 17.7 Å². The molecule has 0 radical (unpaired) electrons. The minimum absolute atomic E-state index is 0.0154. The van der Waals surface area contributed by atoms with Crippen LogP contribution in [0, 0.1) is 23.7 Å². The second-order valence-electron chi connectivity index (χ2n) is 5.54. The summed E-state index contributed by atoms with van der Waals surface area (Å²) in [6, 6.07) is 7.54. The first-order chi connectivity index (χ1) is 10.1. The van der Waals surface area contributed by atoms with Gasteiger partial charge in [0.15, 0.2) is 0 Å². The zero-order chi connectivity index (χ0) is 15.0. The average Bonchev–Trinajstić information content (AvgIpc) is 3.07. The molecule has 4 atom stereocenters. The van der Waals surface area contributed by atoms with Crippen molar-refractivity contribution in [2.45, 2.75) is 11.3 Å². The minimum atomic E-state index is -1.12. The van der Waals surface area contributed by atoms with E-state index >= 15 is 0 Å². The van der Waals surface area contributed by atoms with Crippen molar-refractivity contribution in [1.29, 1.82) is 0 Å². The van der Waals surface area contributed by atoms with Crippen molar-refractivity contribution >= 4 is 29.3 Å². The van der Waals surface area contributed by atoms with Crippen LogP contribution in [0.4, 0.5) is 5.69 Å². The smallest absolute Gasteiger partial charge is 0.228 e. The molecule has 1 amide bonds. The Morgan fingerprint density at radius 1 is 1.24 bits per heavy atom. The lowest BCUT2D eigenvalue weighted by Crippen LogP contribution is -2.42. The maximum absolute atomic E-state index is 12.5. The highest BCUT2D eigenvalue weighted by Crippen LogP contribution is 2.48. The van der Waals surface area contributed by atoms with Gasteiger partial charge in [-0.15, -0.1) is 11.8 Å². The third kappa shape index (κ3) is 2.58. The largest absolute Gasteiger partial charge is 0.550 e. The van der Waals surface area contributed by atoms with Gasteiger partial charge >= 0.3 is 0 Å². The summed E-state index contributed by atoms with van der Waals surface area (Å²) < 4.78 is 0. The molecule has 2 aliphatic carbocycles. The lowest BCUT2D eigenvalue weighted by Gasteiger charge is -2.27. The molecule has 0 spiro atoms. The van der Waals surface area contributed by atoms with Crippen LogP contribution >= 0.6 is 11.8 Å². The van der Waals surface area contributed by atoms with Gasteiger partial charge in [-0.05, 0) is 42.7 Å². The van der Waals surface area contributed by atoms with E-state index in [9.17, 15) is 14.7 Å². The summed E-state index contributed by atoms with van der Waals surface area (Å²) in [6.45, 7) is 0. The van der Waals surface area contributed by atoms with Crippen molar-refractivity contribution in [3.63, 3.8) is 0 Å². The molecule has 21 heavy (non-hydrogen) atoms. The molecule has 0 saturated heterocycles. The summed E-state index contributed by atoms with van der Waals surface area (Å²) in [5, 5.41) is 14.2. The Balaban J connectivity index is 1.78. The number of carbonyl (C=O) groups excluding carboxylic acids is 2. The van der Waals surface area contributed by atoms with Crippen LogP contribution in [0.15, 0.2) is 41.3 Å². The van der Waals surface area contributed by atoms with Crippen LogP contribution in [-0.2, 0) is 9.59 Å². The highest BCUT2D eigenvalue weighted by atomic mass is 32.2. The molecular formula is C16H16NO3S-. The van der Waals surface area contributed by atoms with E-state index in [4.69, 9.17) is 0 Å². The molecule has 1 aromatic rings. The van der Waals surface area contributed by atoms with E-state index in [0.29, 0.717) is 5.69 Å². The average molecular weight is 302 g/mol. The van der Waals surface area contributed by atoms with E-state index in [1.165, 1.54) is 0 Å². The highest BCUT2D eigenvalue weighted by Gasteiger charge is 2.48. The van der Waals surface area contributed by atoms with Gasteiger partial charge in [-0.3, -0.25) is 4.79 Å². The fraction of sp³-hybridized carbons (Fsp3) is 0.375. The molecule has 110 valence electrons. The number of allylic oxidation sites excluding steroid dienone is 2. The third-order valence-electron chi connectivity index (χ3n) is 4.37. The normalized spacial score (nSPS) is 29.6. The van der Waals surface area contributed by atoms with E-state index in [1.54, 1.807) is 11.8 Å². The molecule has 1 saturated carbocycles. The fourth-order valence-electron chi connectivity index (χ4n) is 3.43. The van der Waals surface area contributed by atoms with Crippen molar-refractivity contribution in [3.8, 4) is 0 Å². The molecule has 3 rings (SSSR count). The van der Waals surface area contributed by atoms with Crippen LogP contribution in [0.25, 0.3) is 0 Å². The zero-order valence-electron chi connectivity index (χ0n) is 11.6. The first-order valence-electron chi connectivity index (χ1n) is 6.94. The van der Waals surface area contributed by atoms with Crippen LogP contribution in [-0.4, -0.2) is 18.1 Å². The minimum Gasteiger partial charge on any atom is -0.550 e. The molecule has 4 unspecified atom stereocenters. The molecule has 5 heteroatoms. The van der Waals surface area contributed by atoms with E-state index < -0.39 is 17.8 Å². The van der Waals surface area contributed by atoms with Crippen LogP contribution in [0.2, 0.25) is 0 Å². The fourth-order valence-corrected chi connectivity index (χ4v) is 3.89. The van der Waals surface area contributed by atoms with Gasteiger partial charge in [0, 0.05) is 22.5 Å². The van der Waals surface area contributed by atoms with Gasteiger partial charge in [0.1, 0.15) is 0 Å². The standard InChI is InChI=1S/C16H17NO3S/c1-21-12-4-2-3-11(8-12)17-15(18)13-9-5-6-10(7-9)14(13)16(19)20/h2-6,8-10,13-14H,7H2,1H3,(H,17,18)(H,19,20)/p-1. The maximum atomic E-state index is 12.5. The van der Waals surface area contributed by atoms with Crippen molar-refractivity contribution in [1.82, 2.24) is 0 Å². The summed E-state index contributed by atoms with van der Waals surface area (Å²) in [5.41, 5.74) is 0.704. The van der Waals surface area contributed by atoms with Gasteiger partial charge in [-0.1, -0.05) is 18.2 Å². The molecule has 1 aromatic carbocycles. The number of carboxylic acids is 1. The predicted molar refractivity (Wildman–Crippen MR) is 79.6 cm³/mol. The van der Waals surface area contributed by atoms with Crippen LogP contribution in [0.5, 0.6) is 0 Å². The predicted octanol–water partition coefficient (Wildman–Crippen LogP) is 1.54. The molecule has 1 fully saturated rings. The Labute approximate surface area is 127 Å². The van der Waals surface area contributed by atoms with Crippen LogP contribution in [0.3, 0.4) is 0 Å². The lowest BCUT2D eigenvalue weighted by atomic mass is 9.82. The molecule has 0 aliphatic heterocycles. The second-order valence-corrected chi connectivity index (χ2v) is 6.42. The number of amides is 1. The number of fused-ring (bicyclic) bond motifs is 2. The number of hydrogen-bond donors (Lipinski definition) is 1. The second kappa shape index (κ2) is 5.56. The number of anilines is 1. The summed E-state index contributed by atoms with van der Waals surface area (Å²) in [5.74, 6) is -2.62. The van der Waals surface area contributed by atoms with Crippen LogP contribution in [0.1, 0.15) is 6.42 Å². The molecule has 1 N–H and O–H groups in total. The van der Waals surface area contributed by atoms with Crippen molar-refractivity contribution in [3.05, 3.63) is 36.4 Å². The number of hydrogen-bond acceptors (Lipinski definition) is 4. The Kier molecular flexibility index (Phi) is 3.76. The summed E-state index contributed by atoms with van der Waals surface area (Å²) >= 11 is 1.59. The number of benzene rings is 1. The molecule has 2 bridgehead atoms. The number of nitrogens with one attached hydrogen (secondary N) is 1. The van der Waals surface area contributed by atoms with Crippen molar-refractivity contribution in [2.75, 3.05) is 11.6 Å². The van der Waals surface area contributed by atoms with Crippen molar-refractivity contribution < 1.29 is 14.7 Å². The summed E-state index contributed by atoms with van der Waals surface area (Å²) in [4.78, 5) is 24.9. The van der Waals surface area contributed by atoms with E-state index in [0.717, 1.165) is 11.3 Å². The van der Waals surface area contributed by atoms with E-state index in [2.05, 4.69) is 5.32 Å². The van der Waals surface area contributed by atoms with Gasteiger partial charge in [0.25, 0.3) is 0 Å². The lowest BCUT2D eigenvalue weighted by molar-refractivity contribution is -0.313.